The molecular formula is C8H8N4O. The molecule has 0 saturated carbocycles. The Bertz CT molecular complexity index is 491. The zero-order valence-electron chi connectivity index (χ0n) is 6.82. The lowest BCUT2D eigenvalue weighted by Crippen LogP contribution is -2.10. The predicted octanol–water partition coefficient (Wildman–Crippen LogP) is -0.223. The van der Waals surface area contributed by atoms with Gasteiger partial charge in [0.25, 0.3) is 5.56 Å². The van der Waals surface area contributed by atoms with E-state index in [0.717, 1.165) is 0 Å². The van der Waals surface area contributed by atoms with Crippen molar-refractivity contribution >= 4 is 11.0 Å². The molecule has 0 aliphatic heterocycles. The van der Waals surface area contributed by atoms with Crippen molar-refractivity contribution in [2.45, 2.75) is 6.54 Å². The lowest BCUT2D eigenvalue weighted by atomic mass is 10.3. The molecule has 0 atom stereocenters. The minimum absolute atomic E-state index is 0.236. The van der Waals surface area contributed by atoms with Crippen molar-refractivity contribution in [1.82, 2.24) is 15.0 Å². The van der Waals surface area contributed by atoms with Crippen LogP contribution < -0.4 is 11.3 Å². The van der Waals surface area contributed by atoms with Crippen LogP contribution in [-0.2, 0) is 6.54 Å². The number of nitrogens with zero attached hydrogens (tertiary/aromatic N) is 2. The Morgan fingerprint density at radius 3 is 3.08 bits per heavy atom. The molecule has 0 saturated heterocycles. The molecule has 66 valence electrons. The number of nitrogens with one attached hydrogen (secondary N) is 1. The molecule has 5 nitrogen and oxygen atoms in total. The highest BCUT2D eigenvalue weighted by Crippen LogP contribution is 2.03. The smallest absolute Gasteiger partial charge is 0.277 e. The first kappa shape index (κ1) is 7.88. The van der Waals surface area contributed by atoms with E-state index in [2.05, 4.69) is 15.0 Å². The van der Waals surface area contributed by atoms with Crippen molar-refractivity contribution in [2.75, 3.05) is 0 Å². The fourth-order valence-corrected chi connectivity index (χ4v) is 1.11. The second-order valence-electron chi connectivity index (χ2n) is 2.61. The molecule has 0 aliphatic carbocycles. The van der Waals surface area contributed by atoms with Gasteiger partial charge in [0.15, 0.2) is 5.52 Å². The molecule has 0 bridgehead atoms. The van der Waals surface area contributed by atoms with Gasteiger partial charge in [-0.05, 0) is 12.1 Å². The summed E-state index contributed by atoms with van der Waals surface area (Å²) in [6.07, 6.45) is 1.36. The lowest BCUT2D eigenvalue weighted by molar-refractivity contribution is 0.997. The number of nitrogens with two attached hydrogens (primary N) is 1. The van der Waals surface area contributed by atoms with Crippen LogP contribution in [0.2, 0.25) is 0 Å². The number of hydrogen-bond donors (Lipinski definition) is 2. The third kappa shape index (κ3) is 1.29. The molecule has 13 heavy (non-hydrogen) atoms. The van der Waals surface area contributed by atoms with Gasteiger partial charge in [0, 0.05) is 6.54 Å². The molecule has 0 unspecified atom stereocenters. The minimum Gasteiger partial charge on any atom is -0.325 e. The van der Waals surface area contributed by atoms with Crippen LogP contribution in [-0.4, -0.2) is 15.0 Å². The maximum atomic E-state index is 11.2. The Morgan fingerprint density at radius 2 is 2.31 bits per heavy atom. The summed E-state index contributed by atoms with van der Waals surface area (Å²) in [5.74, 6) is 0. The summed E-state index contributed by atoms with van der Waals surface area (Å²) in [4.78, 5) is 21.7. The number of hydrogen-bond acceptors (Lipinski definition) is 4. The van der Waals surface area contributed by atoms with Gasteiger partial charge >= 0.3 is 0 Å². The normalized spacial score (nSPS) is 10.5. The summed E-state index contributed by atoms with van der Waals surface area (Å²) >= 11 is 0. The Morgan fingerprint density at radius 1 is 1.46 bits per heavy atom. The maximum Gasteiger partial charge on any atom is 0.277 e. The SMILES string of the molecule is NCc1ccc2nc[nH]c(=O)c2n1. The number of rotatable bonds is 1. The third-order valence-corrected chi connectivity index (χ3v) is 1.76. The second kappa shape index (κ2) is 2.95. The molecule has 5 heteroatoms. The fourth-order valence-electron chi connectivity index (χ4n) is 1.11. The van der Waals surface area contributed by atoms with E-state index < -0.39 is 0 Å². The molecule has 0 aliphatic rings. The van der Waals surface area contributed by atoms with Gasteiger partial charge in [-0.3, -0.25) is 4.79 Å². The van der Waals surface area contributed by atoms with Crippen LogP contribution in [0.1, 0.15) is 5.69 Å². The molecule has 2 heterocycles. The first-order valence-electron chi connectivity index (χ1n) is 3.84. The quantitative estimate of drug-likeness (QED) is 0.628. The molecule has 3 N–H and O–H groups in total. The molecule has 2 rings (SSSR count). The number of pyridine rings is 1. The van der Waals surface area contributed by atoms with Crippen molar-refractivity contribution < 1.29 is 0 Å². The summed E-state index contributed by atoms with van der Waals surface area (Å²) < 4.78 is 0. The van der Waals surface area contributed by atoms with Crippen molar-refractivity contribution in [3.63, 3.8) is 0 Å². The molecule has 0 fully saturated rings. The Labute approximate surface area is 73.6 Å². The minimum atomic E-state index is -0.236. The van der Waals surface area contributed by atoms with Gasteiger partial charge in [-0.15, -0.1) is 0 Å². The topological polar surface area (TPSA) is 84.7 Å². The van der Waals surface area contributed by atoms with Gasteiger partial charge in [-0.1, -0.05) is 0 Å². The standard InChI is InChI=1S/C8H8N4O/c9-3-5-1-2-6-7(12-5)8(13)11-4-10-6/h1-2,4H,3,9H2,(H,10,11,13). The number of aromatic amines is 1. The summed E-state index contributed by atoms with van der Waals surface area (Å²) in [7, 11) is 0. The average Bonchev–Trinajstić information content (AvgIpc) is 2.18. The van der Waals surface area contributed by atoms with Crippen molar-refractivity contribution in [3.05, 3.63) is 34.5 Å². The van der Waals surface area contributed by atoms with Gasteiger partial charge in [-0.2, -0.15) is 0 Å². The second-order valence-corrected chi connectivity index (χ2v) is 2.61. The van der Waals surface area contributed by atoms with Crippen molar-refractivity contribution in [1.29, 1.82) is 0 Å². The average molecular weight is 176 g/mol. The lowest BCUT2D eigenvalue weighted by Gasteiger charge is -1.97. The van der Waals surface area contributed by atoms with Crippen LogP contribution in [0.3, 0.4) is 0 Å². The van der Waals surface area contributed by atoms with Gasteiger partial charge in [0.2, 0.25) is 0 Å². The number of H-pyrrole nitrogens is 1. The van der Waals surface area contributed by atoms with E-state index >= 15 is 0 Å². The molecule has 0 amide bonds. The largest absolute Gasteiger partial charge is 0.325 e. The zero-order chi connectivity index (χ0) is 9.26. The summed E-state index contributed by atoms with van der Waals surface area (Å²) in [5, 5.41) is 0. The highest BCUT2D eigenvalue weighted by Gasteiger charge is 2.00. The molecular weight excluding hydrogens is 168 g/mol. The van der Waals surface area contributed by atoms with Crippen molar-refractivity contribution in [2.24, 2.45) is 5.73 Å². The van der Waals surface area contributed by atoms with E-state index in [0.29, 0.717) is 23.3 Å². The molecule has 0 spiro atoms. The maximum absolute atomic E-state index is 11.2. The van der Waals surface area contributed by atoms with Crippen LogP contribution >= 0.6 is 0 Å². The summed E-state index contributed by atoms with van der Waals surface area (Å²) in [6, 6.07) is 3.49. The van der Waals surface area contributed by atoms with Gasteiger partial charge in [-0.25, -0.2) is 9.97 Å². The van der Waals surface area contributed by atoms with E-state index in [-0.39, 0.29) is 5.56 Å². The Hall–Kier alpha value is -1.75. The van der Waals surface area contributed by atoms with Crippen LogP contribution in [0.5, 0.6) is 0 Å². The van der Waals surface area contributed by atoms with E-state index in [1.807, 2.05) is 0 Å². The van der Waals surface area contributed by atoms with E-state index in [9.17, 15) is 4.79 Å². The first-order chi connectivity index (χ1) is 6.31. The summed E-state index contributed by atoms with van der Waals surface area (Å²) in [5.41, 5.74) is 6.77. The highest BCUT2D eigenvalue weighted by atomic mass is 16.1. The van der Waals surface area contributed by atoms with Crippen LogP contribution in [0.15, 0.2) is 23.3 Å². The van der Waals surface area contributed by atoms with Gasteiger partial charge in [0.05, 0.1) is 17.5 Å². The number of fused-ring (bicyclic) bond motifs is 1. The van der Waals surface area contributed by atoms with Crippen molar-refractivity contribution in [3.8, 4) is 0 Å². The van der Waals surface area contributed by atoms with Crippen LogP contribution in [0, 0.1) is 0 Å². The van der Waals surface area contributed by atoms with Crippen LogP contribution in [0.4, 0.5) is 0 Å². The first-order valence-corrected chi connectivity index (χ1v) is 3.84. The fraction of sp³-hybridized carbons (Fsp3) is 0.125. The highest BCUT2D eigenvalue weighted by molar-refractivity contribution is 5.72. The van der Waals surface area contributed by atoms with E-state index in [1.165, 1.54) is 6.33 Å². The predicted molar refractivity (Wildman–Crippen MR) is 48.1 cm³/mol. The van der Waals surface area contributed by atoms with Crippen LogP contribution in [0.25, 0.3) is 11.0 Å². The molecule has 2 aromatic heterocycles. The molecule has 0 aromatic carbocycles. The number of aromatic nitrogens is 3. The summed E-state index contributed by atoms with van der Waals surface area (Å²) in [6.45, 7) is 0.324. The monoisotopic (exact) mass is 176 g/mol. The van der Waals surface area contributed by atoms with Gasteiger partial charge in [0.1, 0.15) is 0 Å². The molecule has 0 radical (unpaired) electrons. The molecule has 2 aromatic rings. The van der Waals surface area contributed by atoms with Gasteiger partial charge < -0.3 is 10.7 Å². The van der Waals surface area contributed by atoms with E-state index in [4.69, 9.17) is 5.73 Å². The zero-order valence-corrected chi connectivity index (χ0v) is 6.82. The third-order valence-electron chi connectivity index (χ3n) is 1.76. The Balaban J connectivity index is 2.82. The van der Waals surface area contributed by atoms with E-state index in [1.54, 1.807) is 12.1 Å². The Kier molecular flexibility index (Phi) is 1.79.